The maximum absolute atomic E-state index is 12.4. The molecule has 114 valence electrons. The van der Waals surface area contributed by atoms with Crippen LogP contribution in [0.3, 0.4) is 0 Å². The molecule has 2 aliphatic heterocycles. The van der Waals surface area contributed by atoms with Crippen molar-refractivity contribution in [1.29, 1.82) is 0 Å². The number of likely N-dealkylation sites (tertiary alicyclic amines) is 1. The third kappa shape index (κ3) is 3.20. The number of urea groups is 1. The molecule has 0 spiro atoms. The SMILES string of the molecule is CS(=O)(=O)C1CSCCN1C(=O)N1CCC(C(=O)O)C1. The highest BCUT2D eigenvalue weighted by molar-refractivity contribution is 8.00. The van der Waals surface area contributed by atoms with E-state index in [1.807, 2.05) is 0 Å². The van der Waals surface area contributed by atoms with Crippen LogP contribution in [0.2, 0.25) is 0 Å². The van der Waals surface area contributed by atoms with Gasteiger partial charge in [-0.15, -0.1) is 0 Å². The van der Waals surface area contributed by atoms with E-state index < -0.39 is 27.1 Å². The summed E-state index contributed by atoms with van der Waals surface area (Å²) in [5.41, 5.74) is 0. The fraction of sp³-hybridized carbons (Fsp3) is 0.818. The number of carboxylic acid groups (broad SMARTS) is 1. The first kappa shape index (κ1) is 15.4. The van der Waals surface area contributed by atoms with Crippen LogP contribution in [0, 0.1) is 5.92 Å². The summed E-state index contributed by atoms with van der Waals surface area (Å²) in [5.74, 6) is -0.377. The summed E-state index contributed by atoms with van der Waals surface area (Å²) >= 11 is 1.51. The molecule has 0 radical (unpaired) electrons. The zero-order valence-electron chi connectivity index (χ0n) is 11.2. The van der Waals surface area contributed by atoms with Crippen LogP contribution >= 0.6 is 11.8 Å². The van der Waals surface area contributed by atoms with Crippen molar-refractivity contribution in [3.05, 3.63) is 0 Å². The first-order valence-corrected chi connectivity index (χ1v) is 9.46. The maximum Gasteiger partial charge on any atom is 0.321 e. The summed E-state index contributed by atoms with van der Waals surface area (Å²) in [4.78, 5) is 26.2. The van der Waals surface area contributed by atoms with E-state index in [0.29, 0.717) is 31.0 Å². The number of amides is 2. The second-order valence-electron chi connectivity index (χ2n) is 5.10. The molecular weight excluding hydrogens is 304 g/mol. The van der Waals surface area contributed by atoms with Crippen molar-refractivity contribution in [2.45, 2.75) is 11.8 Å². The topological polar surface area (TPSA) is 95.0 Å². The second kappa shape index (κ2) is 5.80. The number of hydrogen-bond donors (Lipinski definition) is 1. The normalized spacial score (nSPS) is 27.6. The minimum atomic E-state index is -3.34. The molecule has 2 unspecified atom stereocenters. The van der Waals surface area contributed by atoms with E-state index in [0.717, 1.165) is 6.26 Å². The van der Waals surface area contributed by atoms with Crippen LogP contribution in [0.5, 0.6) is 0 Å². The van der Waals surface area contributed by atoms with E-state index in [1.165, 1.54) is 21.6 Å². The Bertz CT molecular complexity index is 507. The number of carbonyl (C=O) groups is 2. The van der Waals surface area contributed by atoms with Crippen molar-refractivity contribution < 1.29 is 23.1 Å². The van der Waals surface area contributed by atoms with Crippen LogP contribution in [0.15, 0.2) is 0 Å². The Balaban J connectivity index is 2.09. The number of rotatable bonds is 2. The highest BCUT2D eigenvalue weighted by Crippen LogP contribution is 2.24. The van der Waals surface area contributed by atoms with Gasteiger partial charge in [-0.05, 0) is 6.42 Å². The summed E-state index contributed by atoms with van der Waals surface area (Å²) in [5, 5.41) is 8.15. The van der Waals surface area contributed by atoms with Gasteiger partial charge in [0, 0.05) is 37.4 Å². The zero-order valence-corrected chi connectivity index (χ0v) is 12.8. The molecule has 2 heterocycles. The van der Waals surface area contributed by atoms with Gasteiger partial charge in [0.15, 0.2) is 9.84 Å². The van der Waals surface area contributed by atoms with Crippen LogP contribution in [-0.2, 0) is 14.6 Å². The average Bonchev–Trinajstić information content (AvgIpc) is 2.86. The highest BCUT2D eigenvalue weighted by atomic mass is 32.2. The standard InChI is InChI=1S/C11H18N2O5S2/c1-20(17,18)9-7-19-5-4-13(9)11(16)12-3-2-8(6-12)10(14)15/h8-9H,2-7H2,1H3,(H,14,15). The first-order valence-electron chi connectivity index (χ1n) is 6.35. The molecule has 20 heavy (non-hydrogen) atoms. The van der Waals surface area contributed by atoms with Gasteiger partial charge in [-0.3, -0.25) is 4.79 Å². The summed E-state index contributed by atoms with van der Waals surface area (Å²) < 4.78 is 23.5. The molecule has 0 aliphatic carbocycles. The van der Waals surface area contributed by atoms with Gasteiger partial charge in [0.05, 0.1) is 5.92 Å². The molecule has 0 saturated carbocycles. The predicted molar refractivity (Wildman–Crippen MR) is 75.4 cm³/mol. The van der Waals surface area contributed by atoms with Crippen molar-refractivity contribution in [3.63, 3.8) is 0 Å². The van der Waals surface area contributed by atoms with Gasteiger partial charge in [0.1, 0.15) is 5.37 Å². The Morgan fingerprint density at radius 2 is 2.00 bits per heavy atom. The molecule has 2 amide bonds. The Kier molecular flexibility index (Phi) is 4.48. The summed E-state index contributed by atoms with van der Waals surface area (Å²) in [6.45, 7) is 0.916. The van der Waals surface area contributed by atoms with Crippen molar-refractivity contribution in [2.24, 2.45) is 5.92 Å². The monoisotopic (exact) mass is 322 g/mol. The summed E-state index contributed by atoms with van der Waals surface area (Å²) in [6.07, 6.45) is 1.56. The second-order valence-corrected chi connectivity index (χ2v) is 8.46. The van der Waals surface area contributed by atoms with Gasteiger partial charge < -0.3 is 14.9 Å². The number of carbonyl (C=O) groups excluding carboxylic acids is 1. The van der Waals surface area contributed by atoms with Crippen molar-refractivity contribution in [2.75, 3.05) is 37.4 Å². The van der Waals surface area contributed by atoms with Gasteiger partial charge in [-0.25, -0.2) is 13.2 Å². The summed E-state index contributed by atoms with van der Waals surface area (Å²) in [7, 11) is -3.34. The van der Waals surface area contributed by atoms with E-state index in [9.17, 15) is 18.0 Å². The van der Waals surface area contributed by atoms with Crippen LogP contribution < -0.4 is 0 Å². The molecule has 2 fully saturated rings. The fourth-order valence-corrected chi connectivity index (χ4v) is 5.28. The van der Waals surface area contributed by atoms with E-state index in [1.54, 1.807) is 0 Å². The lowest BCUT2D eigenvalue weighted by molar-refractivity contribution is -0.141. The number of hydrogen-bond acceptors (Lipinski definition) is 5. The lowest BCUT2D eigenvalue weighted by atomic mass is 10.1. The Hall–Kier alpha value is -0.960. The molecule has 9 heteroatoms. The molecule has 7 nitrogen and oxygen atoms in total. The van der Waals surface area contributed by atoms with Crippen LogP contribution in [0.25, 0.3) is 0 Å². The molecule has 1 N–H and O–H groups in total. The lowest BCUT2D eigenvalue weighted by Crippen LogP contribution is -2.54. The van der Waals surface area contributed by atoms with Gasteiger partial charge in [0.25, 0.3) is 0 Å². The predicted octanol–water partition coefficient (Wildman–Crippen LogP) is -0.0676. The number of aliphatic carboxylic acids is 1. The van der Waals surface area contributed by atoms with E-state index >= 15 is 0 Å². The third-order valence-electron chi connectivity index (χ3n) is 3.63. The number of sulfone groups is 1. The molecule has 2 aliphatic rings. The molecular formula is C11H18N2O5S2. The van der Waals surface area contributed by atoms with Crippen LogP contribution in [0.1, 0.15) is 6.42 Å². The van der Waals surface area contributed by atoms with Crippen LogP contribution in [-0.4, -0.2) is 78.1 Å². The Morgan fingerprint density at radius 3 is 2.55 bits per heavy atom. The fourth-order valence-electron chi connectivity index (χ4n) is 2.47. The van der Waals surface area contributed by atoms with Crippen molar-refractivity contribution in [1.82, 2.24) is 9.80 Å². The zero-order chi connectivity index (χ0) is 14.9. The third-order valence-corrected chi connectivity index (χ3v) is 6.28. The maximum atomic E-state index is 12.4. The van der Waals surface area contributed by atoms with E-state index in [4.69, 9.17) is 5.11 Å². The smallest absolute Gasteiger partial charge is 0.321 e. The molecule has 2 atom stereocenters. The van der Waals surface area contributed by atoms with E-state index in [-0.39, 0.29) is 12.6 Å². The number of carboxylic acids is 1. The molecule has 2 rings (SSSR count). The quantitative estimate of drug-likeness (QED) is 0.765. The lowest BCUT2D eigenvalue weighted by Gasteiger charge is -2.36. The molecule has 0 aromatic carbocycles. The molecule has 0 aromatic heterocycles. The Labute approximate surface area is 122 Å². The van der Waals surface area contributed by atoms with Gasteiger partial charge in [-0.1, -0.05) is 0 Å². The van der Waals surface area contributed by atoms with Gasteiger partial charge >= 0.3 is 12.0 Å². The van der Waals surface area contributed by atoms with Crippen molar-refractivity contribution >= 4 is 33.6 Å². The van der Waals surface area contributed by atoms with Gasteiger partial charge in [0.2, 0.25) is 0 Å². The average molecular weight is 322 g/mol. The highest BCUT2D eigenvalue weighted by Gasteiger charge is 2.39. The number of nitrogens with zero attached hydrogens (tertiary/aromatic N) is 2. The van der Waals surface area contributed by atoms with Gasteiger partial charge in [-0.2, -0.15) is 11.8 Å². The largest absolute Gasteiger partial charge is 0.481 e. The van der Waals surface area contributed by atoms with Crippen molar-refractivity contribution in [3.8, 4) is 0 Å². The summed E-state index contributed by atoms with van der Waals surface area (Å²) in [6, 6.07) is -0.357. The first-order chi connectivity index (χ1) is 9.30. The molecule has 0 aromatic rings. The molecule has 0 bridgehead atoms. The minimum absolute atomic E-state index is 0.161. The minimum Gasteiger partial charge on any atom is -0.481 e. The van der Waals surface area contributed by atoms with Crippen LogP contribution in [0.4, 0.5) is 4.79 Å². The number of thioether (sulfide) groups is 1. The molecule has 2 saturated heterocycles. The van der Waals surface area contributed by atoms with E-state index in [2.05, 4.69) is 0 Å². The Morgan fingerprint density at radius 1 is 1.30 bits per heavy atom.